The molecule has 1 aliphatic heterocycles. The number of anilines is 1. The fraction of sp³-hybridized carbons (Fsp3) is 0.571. The van der Waals surface area contributed by atoms with Crippen LogP contribution in [0.15, 0.2) is 18.2 Å². The molecule has 0 amide bonds. The average molecular weight is 333 g/mol. The lowest BCUT2D eigenvalue weighted by Crippen LogP contribution is -2.32. The summed E-state index contributed by atoms with van der Waals surface area (Å²) in [6.07, 6.45) is 2.46. The van der Waals surface area contributed by atoms with Gasteiger partial charge in [0.25, 0.3) is 0 Å². The van der Waals surface area contributed by atoms with E-state index in [1.807, 2.05) is 12.1 Å². The van der Waals surface area contributed by atoms with Crippen LogP contribution in [0.1, 0.15) is 25.3 Å². The first-order valence-electron chi connectivity index (χ1n) is 6.46. The molecule has 0 N–H and O–H groups in total. The Morgan fingerprint density at radius 2 is 2.33 bits per heavy atom. The molecule has 0 aromatic heterocycles. The van der Waals surface area contributed by atoms with Gasteiger partial charge in [0.05, 0.1) is 6.10 Å². The Hall–Kier alpha value is -0.250. The van der Waals surface area contributed by atoms with Crippen LogP contribution in [0.25, 0.3) is 0 Å². The zero-order chi connectivity index (χ0) is 13.0. The van der Waals surface area contributed by atoms with Crippen molar-refractivity contribution in [2.24, 2.45) is 0 Å². The molecule has 0 radical (unpaired) electrons. The van der Waals surface area contributed by atoms with Gasteiger partial charge in [0, 0.05) is 41.3 Å². The second kappa shape index (κ2) is 6.78. The number of hydrogen-bond acceptors (Lipinski definition) is 2. The van der Waals surface area contributed by atoms with Gasteiger partial charge in [-0.1, -0.05) is 40.5 Å². The third kappa shape index (κ3) is 3.19. The summed E-state index contributed by atoms with van der Waals surface area (Å²) in [4.78, 5) is 2.41. The van der Waals surface area contributed by atoms with Gasteiger partial charge in [0.1, 0.15) is 0 Å². The minimum atomic E-state index is 0.328. The van der Waals surface area contributed by atoms with Gasteiger partial charge in [-0.15, -0.1) is 0 Å². The van der Waals surface area contributed by atoms with E-state index in [1.165, 1.54) is 11.3 Å². The standard InChI is InChI=1S/C14H19BrClNO/c1-2-11-10-17(7-4-8-18-11)14-6-3-5-13(16)12(14)9-15/h3,5-6,11H,2,4,7-10H2,1H3. The molecule has 0 saturated carbocycles. The molecule has 18 heavy (non-hydrogen) atoms. The van der Waals surface area contributed by atoms with Crippen LogP contribution in [0.5, 0.6) is 0 Å². The van der Waals surface area contributed by atoms with E-state index in [9.17, 15) is 0 Å². The zero-order valence-corrected chi connectivity index (χ0v) is 13.0. The molecular weight excluding hydrogens is 314 g/mol. The molecule has 1 atom stereocenters. The van der Waals surface area contributed by atoms with Crippen LogP contribution in [0, 0.1) is 0 Å². The topological polar surface area (TPSA) is 12.5 Å². The van der Waals surface area contributed by atoms with E-state index in [0.717, 1.165) is 42.9 Å². The maximum atomic E-state index is 6.27. The molecule has 1 aromatic carbocycles. The molecule has 2 nitrogen and oxygen atoms in total. The van der Waals surface area contributed by atoms with E-state index in [2.05, 4.69) is 33.8 Å². The summed E-state index contributed by atoms with van der Waals surface area (Å²) in [6.45, 7) is 5.03. The molecule has 0 aliphatic carbocycles. The molecule has 1 aliphatic rings. The van der Waals surface area contributed by atoms with Crippen molar-refractivity contribution in [2.45, 2.75) is 31.2 Å². The third-order valence-corrected chi connectivity index (χ3v) is 4.29. The summed E-state index contributed by atoms with van der Waals surface area (Å²) in [7, 11) is 0. The van der Waals surface area contributed by atoms with Gasteiger partial charge in [-0.3, -0.25) is 0 Å². The lowest BCUT2D eigenvalue weighted by molar-refractivity contribution is 0.0664. The third-order valence-electron chi connectivity index (χ3n) is 3.37. The van der Waals surface area contributed by atoms with Gasteiger partial charge >= 0.3 is 0 Å². The normalized spacial score (nSPS) is 20.8. The molecule has 1 fully saturated rings. The molecule has 100 valence electrons. The molecular formula is C14H19BrClNO. The lowest BCUT2D eigenvalue weighted by Gasteiger charge is -2.27. The van der Waals surface area contributed by atoms with Crippen molar-refractivity contribution in [1.82, 2.24) is 0 Å². The predicted molar refractivity (Wildman–Crippen MR) is 80.9 cm³/mol. The van der Waals surface area contributed by atoms with Gasteiger partial charge in [-0.25, -0.2) is 0 Å². The summed E-state index contributed by atoms with van der Waals surface area (Å²) >= 11 is 9.81. The largest absolute Gasteiger partial charge is 0.376 e. The van der Waals surface area contributed by atoms with Gasteiger partial charge in [-0.2, -0.15) is 0 Å². The molecule has 0 spiro atoms. The highest BCUT2D eigenvalue weighted by Crippen LogP contribution is 2.30. The number of ether oxygens (including phenoxy) is 1. The van der Waals surface area contributed by atoms with Crippen molar-refractivity contribution in [3.05, 3.63) is 28.8 Å². The minimum absolute atomic E-state index is 0.328. The fourth-order valence-corrected chi connectivity index (χ4v) is 3.32. The smallest absolute Gasteiger partial charge is 0.0747 e. The van der Waals surface area contributed by atoms with E-state index in [1.54, 1.807) is 0 Å². The SMILES string of the molecule is CCC1CN(c2cccc(Cl)c2CBr)CCCO1. The van der Waals surface area contributed by atoms with Gasteiger partial charge in [-0.05, 0) is 25.0 Å². The van der Waals surface area contributed by atoms with E-state index >= 15 is 0 Å². The molecule has 1 heterocycles. The van der Waals surface area contributed by atoms with Crippen molar-refractivity contribution in [2.75, 3.05) is 24.6 Å². The van der Waals surface area contributed by atoms with Crippen molar-refractivity contribution in [3.63, 3.8) is 0 Å². The Balaban J connectivity index is 2.26. The number of nitrogens with zero attached hydrogens (tertiary/aromatic N) is 1. The fourth-order valence-electron chi connectivity index (χ4n) is 2.34. The predicted octanol–water partition coefficient (Wildman–Crippen LogP) is 4.24. The number of benzene rings is 1. The molecule has 1 saturated heterocycles. The second-order valence-electron chi connectivity index (χ2n) is 4.57. The van der Waals surface area contributed by atoms with Crippen molar-refractivity contribution in [3.8, 4) is 0 Å². The minimum Gasteiger partial charge on any atom is -0.376 e. The van der Waals surface area contributed by atoms with Crippen LogP contribution in [0.3, 0.4) is 0 Å². The first kappa shape index (κ1) is 14.2. The number of hydrogen-bond donors (Lipinski definition) is 0. The van der Waals surface area contributed by atoms with Crippen LogP contribution < -0.4 is 4.90 Å². The number of halogens is 2. The highest BCUT2D eigenvalue weighted by molar-refractivity contribution is 9.08. The van der Waals surface area contributed by atoms with Crippen LogP contribution in [-0.4, -0.2) is 25.8 Å². The van der Waals surface area contributed by atoms with Gasteiger partial charge in [0.2, 0.25) is 0 Å². The maximum Gasteiger partial charge on any atom is 0.0747 e. The number of rotatable bonds is 3. The van der Waals surface area contributed by atoms with Crippen molar-refractivity contribution < 1.29 is 4.74 Å². The first-order valence-corrected chi connectivity index (χ1v) is 7.96. The molecule has 2 rings (SSSR count). The van der Waals surface area contributed by atoms with Crippen LogP contribution in [0.2, 0.25) is 5.02 Å². The molecule has 1 unspecified atom stereocenters. The summed E-state index contributed by atoms with van der Waals surface area (Å²) < 4.78 is 5.82. The average Bonchev–Trinajstić information content (AvgIpc) is 2.63. The van der Waals surface area contributed by atoms with Gasteiger partial charge in [0.15, 0.2) is 0 Å². The maximum absolute atomic E-state index is 6.27. The Kier molecular flexibility index (Phi) is 5.34. The quantitative estimate of drug-likeness (QED) is 0.768. The molecule has 4 heteroatoms. The summed E-state index contributed by atoms with van der Waals surface area (Å²) in [5.41, 5.74) is 2.42. The number of alkyl halides is 1. The monoisotopic (exact) mass is 331 g/mol. The van der Waals surface area contributed by atoms with Gasteiger partial charge < -0.3 is 9.64 Å². The van der Waals surface area contributed by atoms with Crippen LogP contribution in [-0.2, 0) is 10.1 Å². The van der Waals surface area contributed by atoms with E-state index in [-0.39, 0.29) is 0 Å². The molecule has 1 aromatic rings. The Labute approximate surface area is 122 Å². The Bertz CT molecular complexity index is 399. The van der Waals surface area contributed by atoms with E-state index in [0.29, 0.717) is 6.10 Å². The van der Waals surface area contributed by atoms with Crippen molar-refractivity contribution in [1.29, 1.82) is 0 Å². The van der Waals surface area contributed by atoms with Crippen LogP contribution in [0.4, 0.5) is 5.69 Å². The highest BCUT2D eigenvalue weighted by Gasteiger charge is 2.20. The van der Waals surface area contributed by atoms with E-state index < -0.39 is 0 Å². The molecule has 0 bridgehead atoms. The Morgan fingerprint density at radius 3 is 3.06 bits per heavy atom. The second-order valence-corrected chi connectivity index (χ2v) is 5.54. The summed E-state index contributed by atoms with van der Waals surface area (Å²) in [6, 6.07) is 6.13. The highest BCUT2D eigenvalue weighted by atomic mass is 79.9. The summed E-state index contributed by atoms with van der Waals surface area (Å²) in [5.74, 6) is 0. The Morgan fingerprint density at radius 1 is 1.50 bits per heavy atom. The zero-order valence-electron chi connectivity index (χ0n) is 10.7. The first-order chi connectivity index (χ1) is 8.76. The summed E-state index contributed by atoms with van der Waals surface area (Å²) in [5, 5.41) is 1.62. The lowest BCUT2D eigenvalue weighted by atomic mass is 10.1. The van der Waals surface area contributed by atoms with Crippen molar-refractivity contribution >= 4 is 33.2 Å². The van der Waals surface area contributed by atoms with Crippen LogP contribution >= 0.6 is 27.5 Å². The van der Waals surface area contributed by atoms with E-state index in [4.69, 9.17) is 16.3 Å².